The molecule has 174 valence electrons. The van der Waals surface area contributed by atoms with Gasteiger partial charge in [-0.2, -0.15) is 0 Å². The zero-order valence-corrected chi connectivity index (χ0v) is 19.0. The molecule has 0 bridgehead atoms. The molecule has 2 atom stereocenters. The SMILES string of the molecule is COc1ccc(C(=O)C2C(=O)C(=O)N(CCN3CCNCC3)C2c2ccc(OC)cc2)cc1. The smallest absolute Gasteiger partial charge is 0.291 e. The zero-order valence-electron chi connectivity index (χ0n) is 19.0. The Morgan fingerprint density at radius 1 is 0.909 bits per heavy atom. The topological polar surface area (TPSA) is 88.2 Å². The van der Waals surface area contributed by atoms with Crippen LogP contribution in [0.25, 0.3) is 0 Å². The van der Waals surface area contributed by atoms with Crippen molar-refractivity contribution in [1.82, 2.24) is 15.1 Å². The molecule has 0 radical (unpaired) electrons. The number of piperazine rings is 1. The first-order valence-corrected chi connectivity index (χ1v) is 11.1. The number of carbonyl (C=O) groups is 3. The van der Waals surface area contributed by atoms with Crippen molar-refractivity contribution in [3.05, 3.63) is 59.7 Å². The van der Waals surface area contributed by atoms with E-state index in [4.69, 9.17) is 9.47 Å². The number of amides is 1. The molecule has 33 heavy (non-hydrogen) atoms. The van der Waals surface area contributed by atoms with Crippen LogP contribution in [0.2, 0.25) is 0 Å². The monoisotopic (exact) mass is 451 g/mol. The molecule has 2 aliphatic heterocycles. The highest BCUT2D eigenvalue weighted by atomic mass is 16.5. The lowest BCUT2D eigenvalue weighted by Gasteiger charge is -2.32. The minimum atomic E-state index is -1.10. The largest absolute Gasteiger partial charge is 0.497 e. The van der Waals surface area contributed by atoms with Gasteiger partial charge in [-0.3, -0.25) is 19.3 Å². The number of hydrogen-bond donors (Lipinski definition) is 1. The summed E-state index contributed by atoms with van der Waals surface area (Å²) in [6.45, 7) is 4.60. The average Bonchev–Trinajstić information content (AvgIpc) is 3.12. The van der Waals surface area contributed by atoms with Gasteiger partial charge in [0.2, 0.25) is 5.78 Å². The van der Waals surface area contributed by atoms with Gasteiger partial charge in [-0.05, 0) is 42.0 Å². The van der Waals surface area contributed by atoms with E-state index in [1.54, 1.807) is 55.5 Å². The Balaban J connectivity index is 1.65. The summed E-state index contributed by atoms with van der Waals surface area (Å²) >= 11 is 0. The first-order chi connectivity index (χ1) is 16.0. The lowest BCUT2D eigenvalue weighted by atomic mass is 9.86. The van der Waals surface area contributed by atoms with Crippen LogP contribution in [0.5, 0.6) is 11.5 Å². The maximum Gasteiger partial charge on any atom is 0.291 e. The number of rotatable bonds is 8. The van der Waals surface area contributed by atoms with Gasteiger partial charge in [-0.1, -0.05) is 12.1 Å². The van der Waals surface area contributed by atoms with Crippen molar-refractivity contribution in [2.75, 3.05) is 53.5 Å². The third kappa shape index (κ3) is 4.77. The lowest BCUT2D eigenvalue weighted by molar-refractivity contribution is -0.140. The number of Topliss-reactive ketones (excluding diaryl/α,β-unsaturated/α-hetero) is 2. The highest BCUT2D eigenvalue weighted by molar-refractivity contribution is 6.44. The Morgan fingerprint density at radius 3 is 2.06 bits per heavy atom. The van der Waals surface area contributed by atoms with Crippen LogP contribution in [-0.2, 0) is 9.59 Å². The molecule has 8 nitrogen and oxygen atoms in total. The van der Waals surface area contributed by atoms with Crippen molar-refractivity contribution in [2.45, 2.75) is 6.04 Å². The quantitative estimate of drug-likeness (QED) is 0.370. The lowest BCUT2D eigenvalue weighted by Crippen LogP contribution is -2.47. The summed E-state index contributed by atoms with van der Waals surface area (Å²) in [5, 5.41) is 3.31. The summed E-state index contributed by atoms with van der Waals surface area (Å²) in [6, 6.07) is 13.2. The molecule has 8 heteroatoms. The number of methoxy groups -OCH3 is 2. The number of nitrogens with zero attached hydrogens (tertiary/aromatic N) is 2. The number of nitrogens with one attached hydrogen (secondary N) is 1. The number of likely N-dealkylation sites (tertiary alicyclic amines) is 1. The molecule has 2 unspecified atom stereocenters. The Labute approximate surface area is 193 Å². The van der Waals surface area contributed by atoms with Gasteiger partial charge < -0.3 is 19.7 Å². The van der Waals surface area contributed by atoms with E-state index in [9.17, 15) is 14.4 Å². The zero-order chi connectivity index (χ0) is 23.4. The number of hydrogen-bond acceptors (Lipinski definition) is 7. The third-order valence-electron chi connectivity index (χ3n) is 6.39. The molecule has 0 spiro atoms. The van der Waals surface area contributed by atoms with Gasteiger partial charge in [-0.15, -0.1) is 0 Å². The average molecular weight is 452 g/mol. The molecular formula is C25H29N3O5. The number of ketones is 2. The summed E-state index contributed by atoms with van der Waals surface area (Å²) in [7, 11) is 3.12. The molecule has 0 aromatic heterocycles. The highest BCUT2D eigenvalue weighted by Crippen LogP contribution is 2.38. The second-order valence-corrected chi connectivity index (χ2v) is 8.24. The van der Waals surface area contributed by atoms with Gasteiger partial charge in [0.15, 0.2) is 5.78 Å². The molecule has 2 fully saturated rings. The number of benzene rings is 2. The van der Waals surface area contributed by atoms with Crippen LogP contribution in [-0.4, -0.2) is 80.8 Å². The fraction of sp³-hybridized carbons (Fsp3) is 0.400. The summed E-state index contributed by atoms with van der Waals surface area (Å²) in [5.74, 6) is -1.43. The minimum Gasteiger partial charge on any atom is -0.497 e. The van der Waals surface area contributed by atoms with Crippen molar-refractivity contribution in [1.29, 1.82) is 0 Å². The van der Waals surface area contributed by atoms with Crippen LogP contribution in [0.15, 0.2) is 48.5 Å². The van der Waals surface area contributed by atoms with Gasteiger partial charge in [0.05, 0.1) is 20.3 Å². The van der Waals surface area contributed by atoms with E-state index < -0.39 is 23.7 Å². The molecule has 0 aliphatic carbocycles. The molecule has 2 aliphatic rings. The van der Waals surface area contributed by atoms with Crippen molar-refractivity contribution < 1.29 is 23.9 Å². The molecular weight excluding hydrogens is 422 g/mol. The predicted octanol–water partition coefficient (Wildman–Crippen LogP) is 1.56. The molecule has 1 amide bonds. The first kappa shape index (κ1) is 22.9. The first-order valence-electron chi connectivity index (χ1n) is 11.1. The van der Waals surface area contributed by atoms with E-state index in [2.05, 4.69) is 10.2 Å². The van der Waals surface area contributed by atoms with E-state index in [1.165, 1.54) is 0 Å². The van der Waals surface area contributed by atoms with Crippen molar-refractivity contribution in [3.8, 4) is 11.5 Å². The maximum absolute atomic E-state index is 13.5. The molecule has 1 N–H and O–H groups in total. The normalized spacial score (nSPS) is 21.3. The van der Waals surface area contributed by atoms with E-state index >= 15 is 0 Å². The minimum absolute atomic E-state index is 0.360. The molecule has 0 saturated carbocycles. The molecule has 2 heterocycles. The summed E-state index contributed by atoms with van der Waals surface area (Å²) in [4.78, 5) is 43.5. The summed E-state index contributed by atoms with van der Waals surface area (Å²) < 4.78 is 10.4. The van der Waals surface area contributed by atoms with E-state index in [0.29, 0.717) is 30.2 Å². The predicted molar refractivity (Wildman–Crippen MR) is 123 cm³/mol. The van der Waals surface area contributed by atoms with E-state index in [0.717, 1.165) is 31.7 Å². The molecule has 2 aromatic carbocycles. The van der Waals surface area contributed by atoms with Gasteiger partial charge >= 0.3 is 0 Å². The van der Waals surface area contributed by atoms with Gasteiger partial charge in [-0.25, -0.2) is 0 Å². The number of carbonyl (C=O) groups excluding carboxylic acids is 3. The second kappa shape index (κ2) is 10.1. The Kier molecular flexibility index (Phi) is 7.05. The fourth-order valence-corrected chi connectivity index (χ4v) is 4.52. The van der Waals surface area contributed by atoms with Crippen LogP contribution in [0.1, 0.15) is 22.0 Å². The van der Waals surface area contributed by atoms with Crippen molar-refractivity contribution >= 4 is 17.5 Å². The van der Waals surface area contributed by atoms with Crippen molar-refractivity contribution in [2.24, 2.45) is 5.92 Å². The van der Waals surface area contributed by atoms with Gasteiger partial charge in [0.1, 0.15) is 17.4 Å². The van der Waals surface area contributed by atoms with Crippen LogP contribution in [0, 0.1) is 5.92 Å². The maximum atomic E-state index is 13.5. The molecule has 2 aromatic rings. The Bertz CT molecular complexity index is 1000. The van der Waals surface area contributed by atoms with Gasteiger partial charge in [0, 0.05) is 44.8 Å². The molecule has 4 rings (SSSR count). The summed E-state index contributed by atoms with van der Waals surface area (Å²) in [6.07, 6.45) is 0. The van der Waals surface area contributed by atoms with Crippen LogP contribution in [0.3, 0.4) is 0 Å². The van der Waals surface area contributed by atoms with Crippen LogP contribution >= 0.6 is 0 Å². The second-order valence-electron chi connectivity index (χ2n) is 8.24. The fourth-order valence-electron chi connectivity index (χ4n) is 4.52. The van der Waals surface area contributed by atoms with Gasteiger partial charge in [0.25, 0.3) is 5.91 Å². The standard InChI is InChI=1S/C25H29N3O5/c1-32-19-7-3-17(4-8-19)22-21(23(29)18-5-9-20(33-2)10-6-18)24(30)25(31)28(22)16-15-27-13-11-26-12-14-27/h3-10,21-22,26H,11-16H2,1-2H3. The van der Waals surface area contributed by atoms with E-state index in [-0.39, 0.29) is 5.78 Å². The number of ether oxygens (including phenoxy) is 2. The Morgan fingerprint density at radius 2 is 1.48 bits per heavy atom. The summed E-state index contributed by atoms with van der Waals surface area (Å²) in [5.41, 5.74) is 1.12. The molecule has 2 saturated heterocycles. The van der Waals surface area contributed by atoms with Crippen LogP contribution in [0.4, 0.5) is 0 Å². The highest BCUT2D eigenvalue weighted by Gasteiger charge is 2.51. The third-order valence-corrected chi connectivity index (χ3v) is 6.39. The van der Waals surface area contributed by atoms with Crippen molar-refractivity contribution in [3.63, 3.8) is 0 Å². The van der Waals surface area contributed by atoms with E-state index in [1.807, 2.05) is 12.1 Å². The Hall–Kier alpha value is -3.23. The van der Waals surface area contributed by atoms with Crippen LogP contribution < -0.4 is 14.8 Å².